The Balaban J connectivity index is 1.21. The smallest absolute Gasteiger partial charge is 0.328 e. The molecule has 1 saturated heterocycles. The molecular weight excluding hydrogens is 887 g/mol. The van der Waals surface area contributed by atoms with Crippen molar-refractivity contribution < 1.29 is 53.8 Å². The number of nitrogens with zero attached hydrogens (tertiary/aromatic N) is 6. The minimum Gasteiger partial charge on any atom is -0.507 e. The molecule has 18 heteroatoms. The number of carbonyl (C=O) groups is 3. The molecule has 2 fully saturated rings. The largest absolute Gasteiger partial charge is 0.507 e. The summed E-state index contributed by atoms with van der Waals surface area (Å²) in [4.78, 5) is 55.3. The maximum atomic E-state index is 14.9. The number of aromatic hydroxyl groups is 2. The van der Waals surface area contributed by atoms with Gasteiger partial charge in [0, 0.05) is 98.8 Å². The van der Waals surface area contributed by atoms with Crippen LogP contribution in [0.15, 0.2) is 52.3 Å². The number of aliphatic hydroxyl groups excluding tert-OH is 2. The maximum absolute atomic E-state index is 14.9. The fraction of sp³-hybridized carbons (Fsp3) is 0.588. The van der Waals surface area contributed by atoms with E-state index in [1.807, 2.05) is 0 Å². The van der Waals surface area contributed by atoms with Crippen LogP contribution in [0.3, 0.4) is 0 Å². The number of hydrogen-bond donors (Lipinski definition) is 5. The zero-order valence-corrected chi connectivity index (χ0v) is 41.2. The normalized spacial score (nSPS) is 31.3. The highest BCUT2D eigenvalue weighted by Gasteiger charge is 2.50. The highest BCUT2D eigenvalue weighted by Crippen LogP contribution is 2.50. The second kappa shape index (κ2) is 19.2. The second-order valence-corrected chi connectivity index (χ2v) is 20.4. The van der Waals surface area contributed by atoms with E-state index in [0.29, 0.717) is 37.8 Å². The Morgan fingerprint density at radius 1 is 0.957 bits per heavy atom. The van der Waals surface area contributed by atoms with E-state index in [9.17, 15) is 34.8 Å². The first-order valence-electron chi connectivity index (χ1n) is 24.2. The first-order valence-corrected chi connectivity index (χ1v) is 24.2. The van der Waals surface area contributed by atoms with Crippen molar-refractivity contribution in [3.8, 4) is 17.2 Å². The van der Waals surface area contributed by atoms with E-state index in [-0.39, 0.29) is 61.9 Å². The molecule has 9 rings (SSSR count). The van der Waals surface area contributed by atoms with Crippen molar-refractivity contribution in [3.05, 3.63) is 69.9 Å². The molecule has 0 radical (unpaired) electrons. The molecule has 5 bridgehead atoms. The standard InChI is InChI=1S/C51H67N7O11/c1-25(2)22-57-19-17-51(18-20-57)53-39-36-37-44(62)31(8)47-38(36)48(64)50(9,69-47)67-21-16-34(66-10)28(5)46(68-35(59)24-58-23-33(55-56-58)32-14-15-32)30(7)43(61)29(6)42(60)26(3)12-11-13-27(4)49(65)52-41(45(37)63)40(39)54-51/h11-13,16,21,23,25-26,28-30,32,34,42-43,46,60-63H,14-15,17-20,22,24H2,1-10H3,(H,52,65)/b12-11+,21-16+,27-13-/t26-,28+,29+,30+,34-,42-,43+,46+,50-/m0/s1. The summed E-state index contributed by atoms with van der Waals surface area (Å²) in [6.45, 7) is 18.0. The predicted octanol–water partition coefficient (Wildman–Crippen LogP) is 4.90. The van der Waals surface area contributed by atoms with Crippen molar-refractivity contribution in [1.29, 1.82) is 0 Å². The van der Waals surface area contributed by atoms with Crippen LogP contribution in [0.25, 0.3) is 10.8 Å². The highest BCUT2D eigenvalue weighted by atomic mass is 16.7. The van der Waals surface area contributed by atoms with Gasteiger partial charge < -0.3 is 49.6 Å². The first-order chi connectivity index (χ1) is 32.7. The number of anilines is 1. The number of aromatic nitrogens is 3. The van der Waals surface area contributed by atoms with E-state index >= 15 is 0 Å². The zero-order chi connectivity index (χ0) is 49.9. The molecule has 6 aliphatic rings. The van der Waals surface area contributed by atoms with Gasteiger partial charge in [0.1, 0.15) is 35.2 Å². The number of piperidine rings is 1. The quantitative estimate of drug-likeness (QED) is 0.157. The molecule has 1 aromatic heterocycles. The third-order valence-corrected chi connectivity index (χ3v) is 14.7. The molecule has 5 aliphatic heterocycles. The second-order valence-electron chi connectivity index (χ2n) is 20.4. The molecule has 5 N–H and O–H groups in total. The number of fused-ring (bicyclic) bond motifs is 13. The molecule has 1 saturated carbocycles. The van der Waals surface area contributed by atoms with E-state index in [1.165, 1.54) is 25.0 Å². The number of carbonyl (C=O) groups excluding carboxylic acids is 3. The van der Waals surface area contributed by atoms with Gasteiger partial charge in [0.15, 0.2) is 11.4 Å². The molecule has 3 aromatic rings. The number of esters is 1. The third kappa shape index (κ3) is 9.52. The van der Waals surface area contributed by atoms with Gasteiger partial charge in [-0.05, 0) is 38.7 Å². The van der Waals surface area contributed by atoms with Crippen molar-refractivity contribution in [1.82, 2.24) is 19.9 Å². The van der Waals surface area contributed by atoms with Gasteiger partial charge in [0.25, 0.3) is 11.7 Å². The molecule has 6 heterocycles. The lowest BCUT2D eigenvalue weighted by molar-refractivity contribution is -0.164. The lowest BCUT2D eigenvalue weighted by Crippen LogP contribution is -2.47. The van der Waals surface area contributed by atoms with Crippen LogP contribution in [-0.2, 0) is 30.3 Å². The fourth-order valence-corrected chi connectivity index (χ4v) is 10.3. The Morgan fingerprint density at radius 3 is 2.32 bits per heavy atom. The van der Waals surface area contributed by atoms with Crippen LogP contribution in [0.4, 0.5) is 5.69 Å². The number of amides is 1. The predicted molar refractivity (Wildman–Crippen MR) is 254 cm³/mol. The van der Waals surface area contributed by atoms with Gasteiger partial charge in [0.2, 0.25) is 0 Å². The average Bonchev–Trinajstić information content (AvgIpc) is 3.86. The van der Waals surface area contributed by atoms with Crippen LogP contribution in [-0.4, -0.2) is 121 Å². The van der Waals surface area contributed by atoms with Crippen molar-refractivity contribution in [2.45, 2.75) is 136 Å². The number of methoxy groups -OCH3 is 1. The fourth-order valence-electron chi connectivity index (χ4n) is 10.3. The monoisotopic (exact) mass is 953 g/mol. The molecule has 2 aromatic carbocycles. The minimum absolute atomic E-state index is 0.0260. The highest BCUT2D eigenvalue weighted by molar-refractivity contribution is 6.19. The number of rotatable bonds is 7. The molecule has 69 heavy (non-hydrogen) atoms. The van der Waals surface area contributed by atoms with Crippen molar-refractivity contribution in [2.24, 2.45) is 39.6 Å². The molecule has 1 spiro atoms. The van der Waals surface area contributed by atoms with Crippen molar-refractivity contribution in [3.63, 3.8) is 0 Å². The lowest BCUT2D eigenvalue weighted by Gasteiger charge is -2.38. The van der Waals surface area contributed by atoms with E-state index < -0.39 is 82.9 Å². The van der Waals surface area contributed by atoms with Gasteiger partial charge in [-0.25, -0.2) is 4.68 Å². The number of ketones is 1. The molecule has 1 amide bonds. The number of Topliss-reactive ketones (excluding diaryl/α,β-unsaturated/α-hetero) is 1. The number of likely N-dealkylation sites (tertiary alicyclic amines) is 1. The summed E-state index contributed by atoms with van der Waals surface area (Å²) in [7, 11) is 1.47. The van der Waals surface area contributed by atoms with Gasteiger partial charge >= 0.3 is 11.8 Å². The number of benzene rings is 2. The third-order valence-electron chi connectivity index (χ3n) is 14.7. The van der Waals surface area contributed by atoms with E-state index in [2.05, 4.69) is 34.4 Å². The SMILES string of the molecule is CO[C@H]1/C=C/O[C@@]2(C)Oc3c(C)c(O)c4c(O)c(c5c(c4c3C2=O)=NC2(CCN(CC(C)C)CC2)N=5)NC(=O)/C(C)=C\C=C\[C@H](C)[C@H](O)[C@@H](C)[C@@H](O)[C@@H](C)[C@H](OC(=O)Cn2cc(C3CC3)nn2)[C@@H]1C. The summed E-state index contributed by atoms with van der Waals surface area (Å²) in [6, 6.07) is 0. The summed E-state index contributed by atoms with van der Waals surface area (Å²) >= 11 is 0. The summed E-state index contributed by atoms with van der Waals surface area (Å²) < 4.78 is 26.1. The number of aliphatic hydroxyl groups is 2. The summed E-state index contributed by atoms with van der Waals surface area (Å²) in [5, 5.41) is 59.2. The number of phenolic OH excluding ortho intramolecular Hbond substituents is 2. The topological polar surface area (TPSA) is 240 Å². The Morgan fingerprint density at radius 2 is 1.65 bits per heavy atom. The summed E-state index contributed by atoms with van der Waals surface area (Å²) in [5.41, 5.74) is 0.191. The van der Waals surface area contributed by atoms with Gasteiger partial charge in [-0.15, -0.1) is 5.10 Å². The molecular formula is C51H67N7O11. The minimum atomic E-state index is -1.99. The average molecular weight is 954 g/mol. The van der Waals surface area contributed by atoms with Gasteiger partial charge in [-0.2, -0.15) is 0 Å². The Bertz CT molecular complexity index is 2740. The molecule has 0 unspecified atom stereocenters. The number of hydrogen-bond acceptors (Lipinski definition) is 16. The van der Waals surface area contributed by atoms with E-state index in [1.54, 1.807) is 72.0 Å². The Hall–Kier alpha value is -5.69. The number of allylic oxidation sites excluding steroid dienone is 2. The first kappa shape index (κ1) is 49.7. The van der Waals surface area contributed by atoms with Crippen LogP contribution in [0, 0.1) is 36.5 Å². The number of ether oxygens (including phenoxy) is 4. The van der Waals surface area contributed by atoms with E-state index in [4.69, 9.17) is 28.9 Å². The van der Waals surface area contributed by atoms with Crippen LogP contribution in [0.1, 0.15) is 109 Å². The molecule has 9 atom stereocenters. The molecule has 372 valence electrons. The van der Waals surface area contributed by atoms with Crippen molar-refractivity contribution in [2.75, 3.05) is 32.1 Å². The number of phenols is 2. The molecule has 1 aliphatic carbocycles. The van der Waals surface area contributed by atoms with Crippen LogP contribution < -0.4 is 20.8 Å². The summed E-state index contributed by atoms with van der Waals surface area (Å²) in [6.07, 6.45) is 8.53. The Kier molecular flexibility index (Phi) is 13.9. The van der Waals surface area contributed by atoms with Crippen LogP contribution in [0.5, 0.6) is 17.2 Å². The number of nitrogens with one attached hydrogen (secondary N) is 1. The maximum Gasteiger partial charge on any atom is 0.328 e. The van der Waals surface area contributed by atoms with Crippen LogP contribution >= 0.6 is 0 Å². The zero-order valence-electron chi connectivity index (χ0n) is 41.2. The van der Waals surface area contributed by atoms with Crippen LogP contribution in [0.2, 0.25) is 0 Å². The van der Waals surface area contributed by atoms with E-state index in [0.717, 1.165) is 25.1 Å². The molecule has 18 nitrogen and oxygen atoms in total. The summed E-state index contributed by atoms with van der Waals surface area (Å²) in [5.74, 6) is -6.50. The van der Waals surface area contributed by atoms with Gasteiger partial charge in [-0.3, -0.25) is 24.4 Å². The Labute approximate surface area is 401 Å². The van der Waals surface area contributed by atoms with Gasteiger partial charge in [-0.1, -0.05) is 65.0 Å². The van der Waals surface area contributed by atoms with Crippen molar-refractivity contribution >= 4 is 34.1 Å². The van der Waals surface area contributed by atoms with Gasteiger partial charge in [0.05, 0.1) is 46.6 Å². The lowest BCUT2D eigenvalue weighted by atomic mass is 9.78.